The lowest BCUT2D eigenvalue weighted by Gasteiger charge is -2.62. The summed E-state index contributed by atoms with van der Waals surface area (Å²) < 4.78 is 5.63. The van der Waals surface area contributed by atoms with Crippen LogP contribution in [0.5, 0.6) is 0 Å². The maximum atomic E-state index is 10.9. The van der Waals surface area contributed by atoms with Crippen LogP contribution in [0.3, 0.4) is 0 Å². The van der Waals surface area contributed by atoms with Crippen molar-refractivity contribution in [3.8, 4) is 0 Å². The van der Waals surface area contributed by atoms with Gasteiger partial charge in [0.15, 0.2) is 0 Å². The largest absolute Gasteiger partial charge is 0.480 e. The van der Waals surface area contributed by atoms with Crippen LogP contribution in [-0.2, 0) is 9.53 Å². The number of carboxylic acid groups (broad SMARTS) is 1. The SMILES string of the molecule is C[C@H](CCCC(C)(C)OCC(=O)O)[C@H]1CC[C@@]2(C)C3=C(CC[C@]12C)[C@@]1(C)CCC(O)C(C)(C)[C@@H]1CC3. The van der Waals surface area contributed by atoms with Crippen molar-refractivity contribution >= 4 is 5.97 Å². The molecule has 4 nitrogen and oxygen atoms in total. The van der Waals surface area contributed by atoms with Crippen molar-refractivity contribution in [2.45, 2.75) is 138 Å². The maximum absolute atomic E-state index is 10.9. The van der Waals surface area contributed by atoms with E-state index < -0.39 is 5.97 Å². The van der Waals surface area contributed by atoms with Crippen molar-refractivity contribution < 1.29 is 19.7 Å². The molecule has 4 rings (SSSR count). The lowest BCUT2D eigenvalue weighted by Crippen LogP contribution is -2.55. The highest BCUT2D eigenvalue weighted by atomic mass is 16.5. The molecule has 4 aliphatic rings. The summed E-state index contributed by atoms with van der Waals surface area (Å²) in [5, 5.41) is 19.8. The van der Waals surface area contributed by atoms with Gasteiger partial charge in [0.1, 0.15) is 6.61 Å². The van der Waals surface area contributed by atoms with Crippen LogP contribution in [-0.4, -0.2) is 34.5 Å². The number of allylic oxidation sites excluding steroid dienone is 2. The summed E-state index contributed by atoms with van der Waals surface area (Å²) in [4.78, 5) is 10.9. The van der Waals surface area contributed by atoms with E-state index in [4.69, 9.17) is 9.84 Å². The van der Waals surface area contributed by atoms with E-state index in [-0.39, 0.29) is 29.1 Å². The first-order chi connectivity index (χ1) is 16.6. The molecule has 4 aliphatic carbocycles. The van der Waals surface area contributed by atoms with Gasteiger partial charge in [-0.15, -0.1) is 0 Å². The molecule has 36 heavy (non-hydrogen) atoms. The molecular formula is C32H54O4. The number of fused-ring (bicyclic) bond motifs is 4. The van der Waals surface area contributed by atoms with Gasteiger partial charge in [-0.05, 0) is 111 Å². The Morgan fingerprint density at radius 3 is 2.39 bits per heavy atom. The number of hydrogen-bond acceptors (Lipinski definition) is 3. The van der Waals surface area contributed by atoms with Crippen LogP contribution in [0.15, 0.2) is 11.1 Å². The molecule has 1 unspecified atom stereocenters. The Kier molecular flexibility index (Phi) is 7.35. The number of carbonyl (C=O) groups is 1. The summed E-state index contributed by atoms with van der Waals surface area (Å²) in [6, 6.07) is 0. The molecule has 2 N–H and O–H groups in total. The maximum Gasteiger partial charge on any atom is 0.329 e. The lowest BCUT2D eigenvalue weighted by molar-refractivity contribution is -0.148. The first-order valence-corrected chi connectivity index (χ1v) is 14.9. The van der Waals surface area contributed by atoms with E-state index in [9.17, 15) is 9.90 Å². The van der Waals surface area contributed by atoms with Crippen LogP contribution in [0.1, 0.15) is 126 Å². The summed E-state index contributed by atoms with van der Waals surface area (Å²) in [5.74, 6) is 1.11. The molecule has 7 atom stereocenters. The Bertz CT molecular complexity index is 887. The average molecular weight is 503 g/mol. The van der Waals surface area contributed by atoms with E-state index in [1.54, 1.807) is 5.57 Å². The van der Waals surface area contributed by atoms with E-state index in [1.807, 2.05) is 19.4 Å². The zero-order valence-electron chi connectivity index (χ0n) is 24.5. The monoisotopic (exact) mass is 502 g/mol. The summed E-state index contributed by atoms with van der Waals surface area (Å²) in [6.45, 7) is 18.7. The zero-order valence-corrected chi connectivity index (χ0v) is 24.5. The number of aliphatic hydroxyl groups excluding tert-OH is 1. The molecule has 0 bridgehead atoms. The van der Waals surface area contributed by atoms with Crippen molar-refractivity contribution in [2.24, 2.45) is 39.4 Å². The number of aliphatic hydroxyl groups is 1. The van der Waals surface area contributed by atoms with Crippen LogP contribution in [0.4, 0.5) is 0 Å². The van der Waals surface area contributed by atoms with Crippen molar-refractivity contribution in [2.75, 3.05) is 6.61 Å². The lowest BCUT2D eigenvalue weighted by atomic mass is 9.43. The van der Waals surface area contributed by atoms with Crippen molar-refractivity contribution in [1.82, 2.24) is 0 Å². The molecule has 4 heteroatoms. The molecule has 0 saturated heterocycles. The highest BCUT2D eigenvalue weighted by Crippen LogP contribution is 2.72. The van der Waals surface area contributed by atoms with Crippen LogP contribution < -0.4 is 0 Å². The first-order valence-electron chi connectivity index (χ1n) is 14.9. The van der Waals surface area contributed by atoms with Gasteiger partial charge in [-0.2, -0.15) is 0 Å². The quantitative estimate of drug-likeness (QED) is 0.333. The molecule has 0 spiro atoms. The average Bonchev–Trinajstić information content (AvgIpc) is 3.07. The highest BCUT2D eigenvalue weighted by molar-refractivity contribution is 5.68. The first kappa shape index (κ1) is 28.1. The Morgan fingerprint density at radius 1 is 1.03 bits per heavy atom. The van der Waals surface area contributed by atoms with E-state index in [1.165, 1.54) is 44.9 Å². The van der Waals surface area contributed by atoms with Crippen LogP contribution in [0, 0.1) is 39.4 Å². The molecular weight excluding hydrogens is 448 g/mol. The van der Waals surface area contributed by atoms with Gasteiger partial charge in [-0.1, -0.05) is 65.5 Å². The molecule has 0 radical (unpaired) electrons. The molecule has 0 aromatic rings. The van der Waals surface area contributed by atoms with Gasteiger partial charge in [0.05, 0.1) is 11.7 Å². The summed E-state index contributed by atoms with van der Waals surface area (Å²) in [7, 11) is 0. The smallest absolute Gasteiger partial charge is 0.329 e. The second-order valence-electron chi connectivity index (χ2n) is 15.0. The van der Waals surface area contributed by atoms with Gasteiger partial charge >= 0.3 is 5.97 Å². The number of ether oxygens (including phenoxy) is 1. The Morgan fingerprint density at radius 2 is 1.72 bits per heavy atom. The van der Waals surface area contributed by atoms with Gasteiger partial charge in [0.25, 0.3) is 0 Å². The van der Waals surface area contributed by atoms with Gasteiger partial charge < -0.3 is 14.9 Å². The summed E-state index contributed by atoms with van der Waals surface area (Å²) in [6.07, 6.45) is 12.8. The Labute approximate surface area is 220 Å². The van der Waals surface area contributed by atoms with E-state index in [2.05, 4.69) is 41.5 Å². The van der Waals surface area contributed by atoms with Gasteiger partial charge in [-0.3, -0.25) is 0 Å². The van der Waals surface area contributed by atoms with Gasteiger partial charge in [0, 0.05) is 0 Å². The number of carboxylic acids is 1. The van der Waals surface area contributed by atoms with Crippen LogP contribution >= 0.6 is 0 Å². The molecule has 0 aromatic carbocycles. The molecule has 0 heterocycles. The third kappa shape index (κ3) is 4.40. The van der Waals surface area contributed by atoms with Crippen molar-refractivity contribution in [1.29, 1.82) is 0 Å². The number of hydrogen-bond donors (Lipinski definition) is 2. The van der Waals surface area contributed by atoms with Crippen LogP contribution in [0.25, 0.3) is 0 Å². The van der Waals surface area contributed by atoms with E-state index in [0.29, 0.717) is 22.7 Å². The number of aliphatic carboxylic acids is 1. The fraction of sp³-hybridized carbons (Fsp3) is 0.906. The van der Waals surface area contributed by atoms with E-state index in [0.717, 1.165) is 31.6 Å². The van der Waals surface area contributed by atoms with Gasteiger partial charge in [-0.25, -0.2) is 4.79 Å². The summed E-state index contributed by atoms with van der Waals surface area (Å²) >= 11 is 0. The molecule has 2 saturated carbocycles. The second-order valence-corrected chi connectivity index (χ2v) is 15.0. The fourth-order valence-electron chi connectivity index (χ4n) is 10.0. The second kappa shape index (κ2) is 9.40. The normalized spacial score (nSPS) is 40.9. The molecule has 0 aromatic heterocycles. The Balaban J connectivity index is 1.49. The Hall–Kier alpha value is -0.870. The third-order valence-corrected chi connectivity index (χ3v) is 12.5. The topological polar surface area (TPSA) is 66.8 Å². The van der Waals surface area contributed by atoms with Gasteiger partial charge in [0.2, 0.25) is 0 Å². The molecule has 2 fully saturated rings. The third-order valence-electron chi connectivity index (χ3n) is 12.5. The minimum atomic E-state index is -0.892. The van der Waals surface area contributed by atoms with E-state index >= 15 is 0 Å². The zero-order chi connectivity index (χ0) is 26.7. The molecule has 0 amide bonds. The minimum absolute atomic E-state index is 0.00185. The van der Waals surface area contributed by atoms with Crippen LogP contribution in [0.2, 0.25) is 0 Å². The number of rotatable bonds is 8. The predicted molar refractivity (Wildman–Crippen MR) is 146 cm³/mol. The molecule has 0 aliphatic heterocycles. The van der Waals surface area contributed by atoms with Crippen molar-refractivity contribution in [3.63, 3.8) is 0 Å². The minimum Gasteiger partial charge on any atom is -0.480 e. The predicted octanol–water partition coefficient (Wildman–Crippen LogP) is 7.78. The molecule has 206 valence electrons. The summed E-state index contributed by atoms with van der Waals surface area (Å²) in [5.41, 5.74) is 4.15. The fourth-order valence-corrected chi connectivity index (χ4v) is 10.0. The highest BCUT2D eigenvalue weighted by Gasteiger charge is 2.63. The standard InChI is InChI=1S/C32H54O4/c1-21(10-9-16-28(2,3)36-20-27(34)35)22-13-18-32(8)24-11-12-25-29(4,5)26(33)15-17-30(25,6)23(24)14-19-31(22,32)7/h21-22,25-26,33H,9-20H2,1-8H3,(H,34,35)/t21-,22-,25+,26?,30-,31-,32+/m1/s1. The van der Waals surface area contributed by atoms with Crippen molar-refractivity contribution in [3.05, 3.63) is 11.1 Å².